The molecule has 0 bridgehead atoms. The van der Waals surface area contributed by atoms with Gasteiger partial charge in [-0.15, -0.1) is 6.58 Å². The molecule has 0 saturated carbocycles. The fourth-order valence-corrected chi connectivity index (χ4v) is 0.357. The number of carbonyl (C=O) groups excluding carboxylic acids is 2. The minimum atomic E-state index is -1.18. The molecule has 0 aromatic rings. The summed E-state index contributed by atoms with van der Waals surface area (Å²) in [5.74, 6) is -1.81. The molecule has 0 spiro atoms. The van der Waals surface area contributed by atoms with E-state index in [9.17, 15) is 14.0 Å². The molecule has 11 nitrogen and oxygen atoms in total. The van der Waals surface area contributed by atoms with Crippen LogP contribution in [0.1, 0.15) is 22.2 Å². The van der Waals surface area contributed by atoms with Crippen molar-refractivity contribution in [3.63, 3.8) is 0 Å². The monoisotopic (exact) mass is 720 g/mol. The van der Waals surface area contributed by atoms with Crippen molar-refractivity contribution in [1.82, 2.24) is 0 Å². The van der Waals surface area contributed by atoms with Gasteiger partial charge in [-0.25, -0.2) is 14.0 Å². The molecule has 210 valence electrons. The topological polar surface area (TPSA) is 175 Å². The number of ether oxygens (including phenoxy) is 3. The van der Waals surface area contributed by atoms with Crippen LogP contribution >= 0.6 is 31.9 Å². The minimum absolute atomic E-state index is 0. The third-order valence-electron chi connectivity index (χ3n) is 1.69. The molecule has 1 unspecified atom stereocenters. The molecule has 3 N–H and O–H groups in total. The normalized spacial score (nSPS) is 10.8. The van der Waals surface area contributed by atoms with Gasteiger partial charge in [0.1, 0.15) is 10.7 Å². The first-order valence-corrected chi connectivity index (χ1v) is 10.5. The van der Waals surface area contributed by atoms with Gasteiger partial charge >= 0.3 is 115 Å². The number of carbonyl (C=O) groups is 3. The Kier molecular flexibility index (Phi) is 109. The van der Waals surface area contributed by atoms with Crippen molar-refractivity contribution in [3.05, 3.63) is 59.7 Å². The number of hydrogen-bond donors (Lipinski definition) is 3. The first-order valence-electron chi connectivity index (χ1n) is 8.75. The van der Waals surface area contributed by atoms with Gasteiger partial charge in [-0.3, -0.25) is 4.79 Å². The molecule has 1 atom stereocenters. The van der Waals surface area contributed by atoms with Gasteiger partial charge in [0.05, 0.1) is 45.1 Å². The van der Waals surface area contributed by atoms with Crippen molar-refractivity contribution in [2.24, 2.45) is 0 Å². The Morgan fingerprint density at radius 1 is 1.22 bits per heavy atom. The minimum Gasteiger partial charge on any atom is -1.00 e. The Labute approximate surface area is 322 Å². The van der Waals surface area contributed by atoms with E-state index in [0.29, 0.717) is 12.4 Å². The van der Waals surface area contributed by atoms with E-state index in [-0.39, 0.29) is 127 Å². The van der Waals surface area contributed by atoms with Gasteiger partial charge in [0, 0.05) is 7.11 Å². The quantitative estimate of drug-likeness (QED) is 0.0336. The molecule has 37 heavy (non-hydrogen) atoms. The number of hydrogen-bond acceptors (Lipinski definition) is 10. The fourth-order valence-electron chi connectivity index (χ4n) is 0.357. The predicted octanol–water partition coefficient (Wildman–Crippen LogP) is -2.04. The number of aliphatic hydroxyl groups is 2. The van der Waals surface area contributed by atoms with E-state index in [2.05, 4.69) is 72.9 Å². The van der Waals surface area contributed by atoms with E-state index in [4.69, 9.17) is 30.1 Å². The fraction of sp³-hybridized carbons (Fsp3) is 0.381. The zero-order valence-electron chi connectivity index (χ0n) is 23.6. The van der Waals surface area contributed by atoms with Gasteiger partial charge in [-0.1, -0.05) is 35.2 Å². The number of allylic oxidation sites excluding steroid dienone is 1. The Morgan fingerprint density at radius 3 is 1.51 bits per heavy atom. The molecule has 0 aromatic carbocycles. The number of rotatable bonds is 4. The van der Waals surface area contributed by atoms with Crippen LogP contribution in [0.3, 0.4) is 0 Å². The molecule has 1 heterocycles. The molecule has 1 aliphatic rings. The van der Waals surface area contributed by atoms with Crippen molar-refractivity contribution in [2.45, 2.75) is 26.9 Å². The van der Waals surface area contributed by atoms with Crippen molar-refractivity contribution in [3.8, 4) is 0 Å². The number of carboxylic acid groups (broad SMARTS) is 1. The summed E-state index contributed by atoms with van der Waals surface area (Å²) >= 11 is 5.46. The number of aliphatic hydroxyl groups excluding tert-OH is 2. The average Bonchev–Trinajstić information content (AvgIpc) is 3.67. The molecule has 1 saturated heterocycles. The molecular weight excluding hydrogens is 685 g/mol. The van der Waals surface area contributed by atoms with E-state index in [1.54, 1.807) is 18.2 Å². The second-order valence-corrected chi connectivity index (χ2v) is 5.87. The number of methoxy groups -OCH3 is 2. The second-order valence-electron chi connectivity index (χ2n) is 4.37. The Hall–Kier alpha value is 0.753. The summed E-state index contributed by atoms with van der Waals surface area (Å²) < 4.78 is 24.3. The van der Waals surface area contributed by atoms with E-state index in [1.165, 1.54) is 20.3 Å². The number of epoxide rings is 1. The number of aliphatic carboxylic acids is 1. The Balaban J connectivity index is -0.0000000302. The van der Waals surface area contributed by atoms with Crippen LogP contribution in [0.5, 0.6) is 0 Å². The number of carboxylic acids is 1. The third kappa shape index (κ3) is 114. The van der Waals surface area contributed by atoms with Gasteiger partial charge in [-0.05, 0) is 41.7 Å². The second kappa shape index (κ2) is 65.6. The summed E-state index contributed by atoms with van der Waals surface area (Å²) in [6, 6.07) is 0. The summed E-state index contributed by atoms with van der Waals surface area (Å²) in [7, 11) is 3.77. The van der Waals surface area contributed by atoms with Crippen LogP contribution in [0.25, 0.3) is 0 Å². The predicted molar refractivity (Wildman–Crippen MR) is 138 cm³/mol. The van der Waals surface area contributed by atoms with Crippen molar-refractivity contribution >= 4 is 50.3 Å². The smallest absolute Gasteiger partial charge is 1.00 e. The van der Waals surface area contributed by atoms with Crippen LogP contribution < -0.4 is 108 Å². The molecule has 1 rings (SSSR count). The standard InChI is InChI=1S/C5H7FO2.C3H3BrO3.2C3H6O.C3H6.C2H3Br.CH2O3.CH4O.2K.H/c1-4(3-6)5(7)8-2;4-2(1-5)3(6)7;1-3-2-4-3;1-3-4-2;1-3-2;1-2-3;2-1-4-3;1-2;;;/h3H,1-2H3;1,5H,(H,6,7);3H,2H2,1H3;3H,1H2,2H3;3H,1H2,2H3;2H,1H2;1,3H;2H,1H3;;;/q;;;;;;;;2*+1;-1/p-1/b4-3+;2-1-;;;;;;;;;. The maximum absolute atomic E-state index is 11.4. The Bertz CT molecular complexity index is 555. The van der Waals surface area contributed by atoms with E-state index in [0.717, 1.165) is 13.7 Å². The largest absolute Gasteiger partial charge is 1.00 e. The third-order valence-corrected chi connectivity index (χ3v) is 2.24. The van der Waals surface area contributed by atoms with Crippen molar-refractivity contribution in [1.29, 1.82) is 0 Å². The van der Waals surface area contributed by atoms with Crippen molar-refractivity contribution in [2.75, 3.05) is 27.9 Å². The van der Waals surface area contributed by atoms with Gasteiger partial charge in [0.25, 0.3) is 6.47 Å². The zero-order valence-corrected chi connectivity index (χ0v) is 32.0. The zero-order chi connectivity index (χ0) is 29.7. The molecular formula is C21H37Br2FK2O11. The van der Waals surface area contributed by atoms with E-state index in [1.807, 2.05) is 6.92 Å². The van der Waals surface area contributed by atoms with Crippen LogP contribution in [-0.2, 0) is 33.5 Å². The van der Waals surface area contributed by atoms with Crippen LogP contribution in [0.15, 0.2) is 59.7 Å². The molecule has 0 radical (unpaired) electrons. The summed E-state index contributed by atoms with van der Waals surface area (Å²) in [4.78, 5) is 32.7. The van der Waals surface area contributed by atoms with Crippen LogP contribution in [-0.4, -0.2) is 67.8 Å². The van der Waals surface area contributed by atoms with Gasteiger partial charge in [0.15, 0.2) is 0 Å². The van der Waals surface area contributed by atoms with Crippen LogP contribution in [0, 0.1) is 0 Å². The maximum atomic E-state index is 11.4. The van der Waals surface area contributed by atoms with Gasteiger partial charge < -0.3 is 41.1 Å². The van der Waals surface area contributed by atoms with E-state index >= 15 is 0 Å². The van der Waals surface area contributed by atoms with Gasteiger partial charge in [0.2, 0.25) is 0 Å². The van der Waals surface area contributed by atoms with E-state index < -0.39 is 11.9 Å². The summed E-state index contributed by atoms with van der Waals surface area (Å²) in [6.07, 6.45) is 4.40. The number of halogens is 3. The molecule has 0 aromatic heterocycles. The number of esters is 1. The molecule has 1 fully saturated rings. The first kappa shape index (κ1) is 61.7. The summed E-state index contributed by atoms with van der Waals surface area (Å²) in [5.41, 5.74) is -0.0208. The van der Waals surface area contributed by atoms with Crippen LogP contribution in [0.2, 0.25) is 0 Å². The summed E-state index contributed by atoms with van der Waals surface area (Å²) in [5, 5.41) is 31.3. The molecule has 16 heteroatoms. The summed E-state index contributed by atoms with van der Waals surface area (Å²) in [6.45, 7) is 16.0. The maximum Gasteiger partial charge on any atom is 1.00 e. The van der Waals surface area contributed by atoms with Crippen LogP contribution in [0.4, 0.5) is 4.39 Å². The first-order chi connectivity index (χ1) is 16.5. The molecule has 0 aliphatic carbocycles. The molecule has 0 amide bonds. The molecule has 1 aliphatic heterocycles. The van der Waals surface area contributed by atoms with Gasteiger partial charge in [-0.2, -0.15) is 0 Å². The van der Waals surface area contributed by atoms with Crippen molar-refractivity contribution < 1.29 is 163 Å². The average molecular weight is 723 g/mol. The Morgan fingerprint density at radius 2 is 1.49 bits per heavy atom. The SMILES string of the molecule is C=CBr.C=CC.C=COC.CC1CO1.CO.COC(=O)/C(C)=C/F.O=C(O)/C(Br)=C/O.O=CO[O-].[H-].[K+].[K+].